The van der Waals surface area contributed by atoms with Crippen LogP contribution in [0.4, 0.5) is 5.13 Å². The Balaban J connectivity index is 1.34. The molecule has 1 saturated carbocycles. The second-order valence-corrected chi connectivity index (χ2v) is 9.54. The molecule has 10 heteroatoms. The van der Waals surface area contributed by atoms with Crippen molar-refractivity contribution in [1.82, 2.24) is 25.0 Å². The van der Waals surface area contributed by atoms with Crippen LogP contribution in [-0.4, -0.2) is 36.6 Å². The van der Waals surface area contributed by atoms with Crippen molar-refractivity contribution in [3.05, 3.63) is 22.5 Å². The zero-order chi connectivity index (χ0) is 19.3. The Morgan fingerprint density at radius 3 is 2.86 bits per heavy atom. The van der Waals surface area contributed by atoms with Crippen LogP contribution in [0.25, 0.3) is 10.7 Å². The summed E-state index contributed by atoms with van der Waals surface area (Å²) in [7, 11) is 0. The summed E-state index contributed by atoms with van der Waals surface area (Å²) in [6.45, 7) is 2.81. The Hall–Kier alpha value is -1.78. The van der Waals surface area contributed by atoms with Crippen LogP contribution < -0.4 is 5.32 Å². The molecular formula is C18H22N6OS3. The highest BCUT2D eigenvalue weighted by Gasteiger charge is 2.20. The standard InChI is InChI=1S/C18H22N6OS3/c1-2-24-15(13-9-6-10-26-13)20-23-18(24)27-11-14(25)19-17-22-21-16(28-17)12-7-4-3-5-8-12/h6,9-10,12H,2-5,7-8,11H2,1H3,(H,19,22,25). The van der Waals surface area contributed by atoms with Gasteiger partial charge in [0, 0.05) is 12.5 Å². The summed E-state index contributed by atoms with van der Waals surface area (Å²) in [6.07, 6.45) is 6.18. The molecule has 3 aromatic rings. The van der Waals surface area contributed by atoms with Gasteiger partial charge in [-0.2, -0.15) is 0 Å². The molecule has 4 rings (SSSR count). The molecule has 28 heavy (non-hydrogen) atoms. The van der Waals surface area contributed by atoms with Gasteiger partial charge in [-0.3, -0.25) is 10.1 Å². The molecule has 148 valence electrons. The fourth-order valence-corrected chi connectivity index (χ4v) is 5.80. The first-order valence-electron chi connectivity index (χ1n) is 9.47. The Bertz CT molecular complexity index is 914. The molecule has 3 aromatic heterocycles. The number of carbonyl (C=O) groups excluding carboxylic acids is 1. The predicted molar refractivity (Wildman–Crippen MR) is 114 cm³/mol. The quantitative estimate of drug-likeness (QED) is 0.545. The number of hydrogen-bond acceptors (Lipinski definition) is 8. The van der Waals surface area contributed by atoms with Crippen molar-refractivity contribution < 1.29 is 4.79 Å². The molecule has 0 atom stereocenters. The maximum atomic E-state index is 12.4. The van der Waals surface area contributed by atoms with E-state index >= 15 is 0 Å². The minimum Gasteiger partial charge on any atom is -0.302 e. The fraction of sp³-hybridized carbons (Fsp3) is 0.500. The molecule has 0 bridgehead atoms. The van der Waals surface area contributed by atoms with Crippen LogP contribution in [0, 0.1) is 0 Å². The van der Waals surface area contributed by atoms with Crippen molar-refractivity contribution in [3.8, 4) is 10.7 Å². The first kappa shape index (κ1) is 19.5. The minimum absolute atomic E-state index is 0.0975. The van der Waals surface area contributed by atoms with Gasteiger partial charge < -0.3 is 4.57 Å². The third-order valence-electron chi connectivity index (χ3n) is 4.75. The fourth-order valence-electron chi connectivity index (χ4n) is 3.35. The molecule has 1 aliphatic carbocycles. The second kappa shape index (κ2) is 9.15. The third-order valence-corrected chi connectivity index (χ3v) is 7.58. The predicted octanol–water partition coefficient (Wildman–Crippen LogP) is 4.66. The topological polar surface area (TPSA) is 85.6 Å². The van der Waals surface area contributed by atoms with Gasteiger partial charge in [0.05, 0.1) is 10.6 Å². The number of nitrogens with one attached hydrogen (secondary N) is 1. The van der Waals surface area contributed by atoms with Crippen LogP contribution in [0.15, 0.2) is 22.7 Å². The van der Waals surface area contributed by atoms with E-state index in [0.29, 0.717) is 11.0 Å². The number of thioether (sulfide) groups is 1. The maximum absolute atomic E-state index is 12.4. The van der Waals surface area contributed by atoms with E-state index in [-0.39, 0.29) is 11.7 Å². The van der Waals surface area contributed by atoms with E-state index < -0.39 is 0 Å². The van der Waals surface area contributed by atoms with Crippen molar-refractivity contribution in [1.29, 1.82) is 0 Å². The van der Waals surface area contributed by atoms with Crippen molar-refractivity contribution in [2.75, 3.05) is 11.1 Å². The van der Waals surface area contributed by atoms with E-state index in [1.165, 1.54) is 55.2 Å². The molecule has 0 aromatic carbocycles. The highest BCUT2D eigenvalue weighted by Crippen LogP contribution is 2.35. The van der Waals surface area contributed by atoms with E-state index in [9.17, 15) is 4.79 Å². The number of thiophene rings is 1. The van der Waals surface area contributed by atoms with Crippen LogP contribution in [0.5, 0.6) is 0 Å². The van der Waals surface area contributed by atoms with Crippen molar-refractivity contribution in [3.63, 3.8) is 0 Å². The summed E-state index contributed by atoms with van der Waals surface area (Å²) in [5.41, 5.74) is 0. The average Bonchev–Trinajstić information content (AvgIpc) is 3.47. The van der Waals surface area contributed by atoms with Crippen molar-refractivity contribution >= 4 is 45.5 Å². The van der Waals surface area contributed by atoms with E-state index in [0.717, 1.165) is 27.4 Å². The highest BCUT2D eigenvalue weighted by molar-refractivity contribution is 7.99. The monoisotopic (exact) mass is 434 g/mol. The highest BCUT2D eigenvalue weighted by atomic mass is 32.2. The van der Waals surface area contributed by atoms with Gasteiger partial charge in [-0.15, -0.1) is 31.7 Å². The number of hydrogen-bond donors (Lipinski definition) is 1. The van der Waals surface area contributed by atoms with Gasteiger partial charge in [-0.05, 0) is 31.2 Å². The van der Waals surface area contributed by atoms with Crippen molar-refractivity contribution in [2.24, 2.45) is 0 Å². The third kappa shape index (κ3) is 4.44. The zero-order valence-electron chi connectivity index (χ0n) is 15.6. The number of nitrogens with zero attached hydrogens (tertiary/aromatic N) is 5. The van der Waals surface area contributed by atoms with Gasteiger partial charge in [-0.25, -0.2) is 0 Å². The van der Waals surface area contributed by atoms with Gasteiger partial charge in [0.2, 0.25) is 11.0 Å². The number of anilines is 1. The Labute approximate surface area is 176 Å². The lowest BCUT2D eigenvalue weighted by Gasteiger charge is -2.18. The van der Waals surface area contributed by atoms with Crippen LogP contribution in [0.2, 0.25) is 0 Å². The summed E-state index contributed by atoms with van der Waals surface area (Å²) in [5.74, 6) is 1.52. The molecular weight excluding hydrogens is 412 g/mol. The molecule has 0 radical (unpaired) electrons. The number of rotatable bonds is 7. The summed E-state index contributed by atoms with van der Waals surface area (Å²) in [4.78, 5) is 13.4. The zero-order valence-corrected chi connectivity index (χ0v) is 18.1. The average molecular weight is 435 g/mol. The van der Waals surface area contributed by atoms with Gasteiger partial charge >= 0.3 is 0 Å². The van der Waals surface area contributed by atoms with Crippen LogP contribution >= 0.6 is 34.4 Å². The first-order chi connectivity index (χ1) is 13.7. The van der Waals surface area contributed by atoms with Crippen LogP contribution in [-0.2, 0) is 11.3 Å². The molecule has 1 aliphatic rings. The van der Waals surface area contributed by atoms with E-state index in [4.69, 9.17) is 0 Å². The molecule has 0 unspecified atom stereocenters. The second-order valence-electron chi connectivity index (χ2n) is 6.64. The summed E-state index contributed by atoms with van der Waals surface area (Å²) >= 11 is 4.53. The molecule has 1 N–H and O–H groups in total. The molecule has 0 aliphatic heterocycles. The smallest absolute Gasteiger partial charge is 0.236 e. The van der Waals surface area contributed by atoms with Crippen LogP contribution in [0.1, 0.15) is 50.0 Å². The number of amides is 1. The van der Waals surface area contributed by atoms with Crippen molar-refractivity contribution in [2.45, 2.75) is 56.6 Å². The largest absolute Gasteiger partial charge is 0.302 e. The molecule has 1 fully saturated rings. The SMILES string of the molecule is CCn1c(SCC(=O)Nc2nnc(C3CCCCC3)s2)nnc1-c1cccs1. The molecule has 1 amide bonds. The molecule has 7 nitrogen and oxygen atoms in total. The van der Waals surface area contributed by atoms with Gasteiger partial charge in [-0.1, -0.05) is 48.4 Å². The number of aromatic nitrogens is 5. The summed E-state index contributed by atoms with van der Waals surface area (Å²) < 4.78 is 2.04. The molecule has 3 heterocycles. The minimum atomic E-state index is -0.0975. The van der Waals surface area contributed by atoms with Gasteiger partial charge in [0.15, 0.2) is 11.0 Å². The van der Waals surface area contributed by atoms with E-state index in [1.807, 2.05) is 22.1 Å². The van der Waals surface area contributed by atoms with Gasteiger partial charge in [0.25, 0.3) is 0 Å². The molecule has 0 spiro atoms. The van der Waals surface area contributed by atoms with Crippen LogP contribution in [0.3, 0.4) is 0 Å². The van der Waals surface area contributed by atoms with E-state index in [1.54, 1.807) is 11.3 Å². The van der Waals surface area contributed by atoms with Gasteiger partial charge in [0.1, 0.15) is 5.01 Å². The maximum Gasteiger partial charge on any atom is 0.236 e. The summed E-state index contributed by atoms with van der Waals surface area (Å²) in [6, 6.07) is 4.03. The lowest BCUT2D eigenvalue weighted by atomic mass is 9.90. The lowest BCUT2D eigenvalue weighted by molar-refractivity contribution is -0.113. The first-order valence-corrected chi connectivity index (χ1v) is 12.2. The lowest BCUT2D eigenvalue weighted by Crippen LogP contribution is -2.14. The molecule has 0 saturated heterocycles. The Morgan fingerprint density at radius 2 is 2.11 bits per heavy atom. The number of carbonyl (C=O) groups is 1. The Kier molecular flexibility index (Phi) is 6.38. The summed E-state index contributed by atoms with van der Waals surface area (Å²) in [5, 5.41) is 24.3. The normalized spacial score (nSPS) is 15.0. The van der Waals surface area contributed by atoms with E-state index in [2.05, 4.69) is 32.6 Å². The Morgan fingerprint density at radius 1 is 1.25 bits per heavy atom.